The Labute approximate surface area is 245 Å². The number of aliphatic hydroxyl groups is 2. The van der Waals surface area contributed by atoms with Gasteiger partial charge in [-0.25, -0.2) is 4.79 Å². The topological polar surface area (TPSA) is 111 Å². The lowest BCUT2D eigenvalue weighted by molar-refractivity contribution is -0.139. The molecular weight excluding hydrogens is 534 g/mol. The number of carbonyl (C=O) groups is 3. The Morgan fingerprint density at radius 2 is 1.79 bits per heavy atom. The van der Waals surface area contributed by atoms with Crippen molar-refractivity contribution in [2.75, 3.05) is 36.1 Å². The molecule has 5 rings (SSSR count). The number of cyclic esters (lactones) is 1. The van der Waals surface area contributed by atoms with Crippen LogP contribution in [0.1, 0.15) is 30.0 Å². The molecule has 0 aromatic heterocycles. The van der Waals surface area contributed by atoms with Crippen molar-refractivity contribution in [3.63, 3.8) is 0 Å². The molecule has 0 spiro atoms. The number of fused-ring (bicyclic) bond motifs is 1. The third-order valence-corrected chi connectivity index (χ3v) is 7.82. The van der Waals surface area contributed by atoms with Gasteiger partial charge in [0.05, 0.1) is 25.4 Å². The van der Waals surface area contributed by atoms with Gasteiger partial charge < -0.3 is 24.7 Å². The molecule has 2 aliphatic heterocycles. The number of anilines is 2. The monoisotopic (exact) mass is 569 g/mol. The minimum atomic E-state index is -1.82. The number of carbonyl (C=O) groups excluding carboxylic acids is 3. The molecule has 0 unspecified atom stereocenters. The SMILES string of the molecule is C[C@H](/C=C/CC(=O)N(CCO)Cc1ccccc1)[C@@]1(O)C(=O)N(Cc2cccc(N3CCOC3=O)c2)c2ccccc21. The maximum absolute atomic E-state index is 13.9. The Bertz CT molecular complexity index is 1480. The van der Waals surface area contributed by atoms with Gasteiger partial charge in [-0.15, -0.1) is 0 Å². The second-order valence-corrected chi connectivity index (χ2v) is 10.6. The molecule has 0 radical (unpaired) electrons. The second-order valence-electron chi connectivity index (χ2n) is 10.6. The van der Waals surface area contributed by atoms with Crippen LogP contribution in [-0.4, -0.2) is 59.3 Å². The van der Waals surface area contributed by atoms with E-state index in [1.807, 2.05) is 66.7 Å². The number of nitrogens with zero attached hydrogens (tertiary/aromatic N) is 3. The molecule has 2 atom stereocenters. The van der Waals surface area contributed by atoms with Gasteiger partial charge in [-0.05, 0) is 29.3 Å². The fraction of sp³-hybridized carbons (Fsp3) is 0.303. The number of ether oxygens (including phenoxy) is 1. The molecule has 2 N–H and O–H groups in total. The van der Waals surface area contributed by atoms with Gasteiger partial charge in [0.25, 0.3) is 5.91 Å². The molecule has 1 saturated heterocycles. The zero-order chi connectivity index (χ0) is 29.7. The molecule has 0 aliphatic carbocycles. The van der Waals surface area contributed by atoms with E-state index in [-0.39, 0.29) is 32.0 Å². The molecule has 2 heterocycles. The van der Waals surface area contributed by atoms with Crippen molar-refractivity contribution >= 4 is 29.3 Å². The standard InChI is InChI=1S/C33H35N3O6/c1-24(9-7-16-30(38)34(17-19-37)22-25-10-3-2-4-11-25)33(41)28-14-5-6-15-29(28)36(31(33)39)23-26-12-8-13-27(21-26)35-18-20-42-32(35)40/h2-15,21,24,37,41H,16-20,22-23H2,1H3/b9-7+/t24-,33+/m1/s1. The molecule has 42 heavy (non-hydrogen) atoms. The summed E-state index contributed by atoms with van der Waals surface area (Å²) in [5.41, 5.74) is 1.75. The summed E-state index contributed by atoms with van der Waals surface area (Å²) in [7, 11) is 0. The summed E-state index contributed by atoms with van der Waals surface area (Å²) in [6.45, 7) is 3.20. The summed E-state index contributed by atoms with van der Waals surface area (Å²) < 4.78 is 5.06. The first-order chi connectivity index (χ1) is 20.3. The Hall–Kier alpha value is -4.47. The highest BCUT2D eigenvalue weighted by Gasteiger charge is 2.52. The molecule has 2 aliphatic rings. The largest absolute Gasteiger partial charge is 0.447 e. The van der Waals surface area contributed by atoms with E-state index in [9.17, 15) is 24.6 Å². The lowest BCUT2D eigenvalue weighted by atomic mass is 9.83. The van der Waals surface area contributed by atoms with E-state index in [0.29, 0.717) is 36.6 Å². The van der Waals surface area contributed by atoms with Crippen LogP contribution in [0.25, 0.3) is 0 Å². The quantitative estimate of drug-likeness (QED) is 0.338. The number of hydrogen-bond acceptors (Lipinski definition) is 6. The van der Waals surface area contributed by atoms with Crippen molar-refractivity contribution in [1.29, 1.82) is 0 Å². The predicted octanol–water partition coefficient (Wildman–Crippen LogP) is 3.98. The Kier molecular flexibility index (Phi) is 8.70. The van der Waals surface area contributed by atoms with Crippen LogP contribution in [0.2, 0.25) is 0 Å². The van der Waals surface area contributed by atoms with Crippen molar-refractivity contribution in [3.8, 4) is 0 Å². The highest BCUT2D eigenvalue weighted by molar-refractivity contribution is 6.07. The summed E-state index contributed by atoms with van der Waals surface area (Å²) >= 11 is 0. The molecule has 3 aromatic carbocycles. The van der Waals surface area contributed by atoms with E-state index in [1.54, 1.807) is 45.9 Å². The van der Waals surface area contributed by atoms with E-state index in [2.05, 4.69) is 0 Å². The van der Waals surface area contributed by atoms with Crippen LogP contribution in [0.3, 0.4) is 0 Å². The summed E-state index contributed by atoms with van der Waals surface area (Å²) in [5, 5.41) is 21.4. The highest BCUT2D eigenvalue weighted by atomic mass is 16.6. The summed E-state index contributed by atoms with van der Waals surface area (Å²) in [6, 6.07) is 24.1. The van der Waals surface area contributed by atoms with Crippen LogP contribution in [-0.2, 0) is 33.0 Å². The summed E-state index contributed by atoms with van der Waals surface area (Å²) in [5.74, 6) is -1.25. The van der Waals surface area contributed by atoms with Gasteiger partial charge >= 0.3 is 6.09 Å². The van der Waals surface area contributed by atoms with Crippen LogP contribution < -0.4 is 9.80 Å². The average molecular weight is 570 g/mol. The van der Waals surface area contributed by atoms with Gasteiger partial charge in [0.2, 0.25) is 5.91 Å². The Morgan fingerprint density at radius 3 is 2.52 bits per heavy atom. The highest BCUT2D eigenvalue weighted by Crippen LogP contribution is 2.45. The lowest BCUT2D eigenvalue weighted by Crippen LogP contribution is -2.44. The van der Waals surface area contributed by atoms with Gasteiger partial charge in [0, 0.05) is 36.7 Å². The molecule has 9 heteroatoms. The van der Waals surface area contributed by atoms with Crippen molar-refractivity contribution in [3.05, 3.63) is 108 Å². The molecule has 3 amide bonds. The minimum Gasteiger partial charge on any atom is -0.447 e. The van der Waals surface area contributed by atoms with Crippen LogP contribution in [0.4, 0.5) is 16.2 Å². The maximum Gasteiger partial charge on any atom is 0.414 e. The number of hydrogen-bond donors (Lipinski definition) is 2. The lowest BCUT2D eigenvalue weighted by Gasteiger charge is -2.28. The fourth-order valence-electron chi connectivity index (χ4n) is 5.55. The number of rotatable bonds is 11. The number of benzene rings is 3. The van der Waals surface area contributed by atoms with Crippen molar-refractivity contribution < 1.29 is 29.3 Å². The third-order valence-electron chi connectivity index (χ3n) is 7.82. The van der Waals surface area contributed by atoms with Crippen molar-refractivity contribution in [1.82, 2.24) is 4.90 Å². The Balaban J connectivity index is 1.31. The van der Waals surface area contributed by atoms with Crippen LogP contribution >= 0.6 is 0 Å². The van der Waals surface area contributed by atoms with E-state index >= 15 is 0 Å². The van der Waals surface area contributed by atoms with E-state index in [0.717, 1.165) is 11.1 Å². The molecule has 3 aromatic rings. The summed E-state index contributed by atoms with van der Waals surface area (Å²) in [4.78, 5) is 43.6. The molecule has 218 valence electrons. The first-order valence-corrected chi connectivity index (χ1v) is 14.1. The zero-order valence-corrected chi connectivity index (χ0v) is 23.6. The van der Waals surface area contributed by atoms with Crippen LogP contribution in [0, 0.1) is 5.92 Å². The number of amides is 3. The molecule has 1 fully saturated rings. The number of para-hydroxylation sites is 1. The van der Waals surface area contributed by atoms with Crippen molar-refractivity contribution in [2.45, 2.75) is 32.0 Å². The van der Waals surface area contributed by atoms with Gasteiger partial charge in [0.1, 0.15) is 6.61 Å². The molecule has 9 nitrogen and oxygen atoms in total. The van der Waals surface area contributed by atoms with Gasteiger partial charge in [-0.1, -0.05) is 79.7 Å². The average Bonchev–Trinajstić information content (AvgIpc) is 3.53. The Morgan fingerprint density at radius 1 is 1.05 bits per heavy atom. The third kappa shape index (κ3) is 5.79. The normalized spacial score (nSPS) is 18.8. The van der Waals surface area contributed by atoms with Gasteiger partial charge in [-0.3, -0.25) is 14.5 Å². The van der Waals surface area contributed by atoms with E-state index < -0.39 is 23.5 Å². The zero-order valence-electron chi connectivity index (χ0n) is 23.6. The summed E-state index contributed by atoms with van der Waals surface area (Å²) in [6.07, 6.45) is 3.05. The van der Waals surface area contributed by atoms with Crippen LogP contribution in [0.15, 0.2) is 91.0 Å². The smallest absolute Gasteiger partial charge is 0.414 e. The first-order valence-electron chi connectivity index (χ1n) is 14.1. The van der Waals surface area contributed by atoms with Crippen molar-refractivity contribution in [2.24, 2.45) is 5.92 Å². The molecular formula is C33H35N3O6. The van der Waals surface area contributed by atoms with E-state index in [1.165, 1.54) is 0 Å². The molecule has 0 saturated carbocycles. The van der Waals surface area contributed by atoms with Gasteiger partial charge in [0.15, 0.2) is 5.60 Å². The minimum absolute atomic E-state index is 0.0680. The molecule has 0 bridgehead atoms. The maximum atomic E-state index is 13.9. The predicted molar refractivity (Wildman–Crippen MR) is 159 cm³/mol. The van der Waals surface area contributed by atoms with Crippen LogP contribution in [0.5, 0.6) is 0 Å². The van der Waals surface area contributed by atoms with Gasteiger partial charge in [-0.2, -0.15) is 0 Å². The van der Waals surface area contributed by atoms with E-state index in [4.69, 9.17) is 4.74 Å². The number of aliphatic hydroxyl groups excluding tert-OH is 1. The second kappa shape index (κ2) is 12.6. The first kappa shape index (κ1) is 29.0. The fourth-order valence-corrected chi connectivity index (χ4v) is 5.55.